The van der Waals surface area contributed by atoms with E-state index in [0.717, 1.165) is 16.9 Å². The van der Waals surface area contributed by atoms with Crippen molar-refractivity contribution in [2.75, 3.05) is 16.8 Å². The van der Waals surface area contributed by atoms with Crippen molar-refractivity contribution in [3.8, 4) is 0 Å². The quantitative estimate of drug-likeness (QED) is 0.755. The Balaban J connectivity index is 2.04. The maximum Gasteiger partial charge on any atom is 0.226 e. The van der Waals surface area contributed by atoms with Gasteiger partial charge in [-0.2, -0.15) is 0 Å². The molecular formula is C22H27ClN2O2. The van der Waals surface area contributed by atoms with E-state index in [9.17, 15) is 9.59 Å². The van der Waals surface area contributed by atoms with Gasteiger partial charge in [-0.3, -0.25) is 9.59 Å². The molecule has 2 amide bonds. The molecule has 144 valence electrons. The molecule has 2 rings (SSSR count). The van der Waals surface area contributed by atoms with Gasteiger partial charge in [0.25, 0.3) is 0 Å². The molecule has 0 spiro atoms. The lowest BCUT2D eigenvalue weighted by molar-refractivity contribution is -0.117. The highest BCUT2D eigenvalue weighted by atomic mass is 35.5. The van der Waals surface area contributed by atoms with Crippen molar-refractivity contribution in [3.05, 3.63) is 58.6 Å². The summed E-state index contributed by atoms with van der Waals surface area (Å²) < 4.78 is 0. The maximum absolute atomic E-state index is 12.3. The molecule has 5 heteroatoms. The standard InChI is InChI=1S/C22H27ClN2O2/c1-15-14-18(23)8-11-20(15)24-21(27)12-13-25(16(2)26)19-9-6-17(7-10-19)22(3,4)5/h6-11,14H,12-13H2,1-5H3,(H,24,27). The van der Waals surface area contributed by atoms with Crippen molar-refractivity contribution in [2.45, 2.75) is 46.5 Å². The molecule has 0 saturated carbocycles. The molecule has 0 bridgehead atoms. The van der Waals surface area contributed by atoms with Gasteiger partial charge in [0.05, 0.1) is 0 Å². The van der Waals surface area contributed by atoms with Gasteiger partial charge in [-0.05, 0) is 53.8 Å². The Morgan fingerprint density at radius 1 is 1.07 bits per heavy atom. The number of halogens is 1. The zero-order valence-electron chi connectivity index (χ0n) is 16.6. The number of rotatable bonds is 5. The summed E-state index contributed by atoms with van der Waals surface area (Å²) in [4.78, 5) is 26.0. The molecule has 2 aromatic rings. The summed E-state index contributed by atoms with van der Waals surface area (Å²) in [5, 5.41) is 3.51. The molecule has 0 heterocycles. The van der Waals surface area contributed by atoms with Crippen molar-refractivity contribution in [3.63, 3.8) is 0 Å². The van der Waals surface area contributed by atoms with Gasteiger partial charge in [0.1, 0.15) is 0 Å². The molecule has 2 aromatic carbocycles. The second kappa shape index (κ2) is 8.57. The van der Waals surface area contributed by atoms with E-state index in [-0.39, 0.29) is 23.7 Å². The van der Waals surface area contributed by atoms with Crippen LogP contribution < -0.4 is 10.2 Å². The minimum absolute atomic E-state index is 0.0515. The van der Waals surface area contributed by atoms with Gasteiger partial charge < -0.3 is 10.2 Å². The van der Waals surface area contributed by atoms with Crippen molar-refractivity contribution in [2.24, 2.45) is 0 Å². The molecule has 27 heavy (non-hydrogen) atoms. The molecule has 0 unspecified atom stereocenters. The largest absolute Gasteiger partial charge is 0.326 e. The monoisotopic (exact) mass is 386 g/mol. The Bertz CT molecular complexity index is 823. The van der Waals surface area contributed by atoms with E-state index in [2.05, 4.69) is 26.1 Å². The zero-order chi connectivity index (χ0) is 20.2. The topological polar surface area (TPSA) is 49.4 Å². The van der Waals surface area contributed by atoms with Gasteiger partial charge in [-0.1, -0.05) is 44.5 Å². The fourth-order valence-electron chi connectivity index (χ4n) is 2.80. The predicted octanol–water partition coefficient (Wildman–Crippen LogP) is 5.33. The molecule has 4 nitrogen and oxygen atoms in total. The van der Waals surface area contributed by atoms with Crippen LogP contribution in [0.1, 0.15) is 45.2 Å². The summed E-state index contributed by atoms with van der Waals surface area (Å²) >= 11 is 5.94. The van der Waals surface area contributed by atoms with E-state index < -0.39 is 0 Å². The van der Waals surface area contributed by atoms with Gasteiger partial charge in [0.15, 0.2) is 0 Å². The van der Waals surface area contributed by atoms with Crippen LogP contribution in [-0.2, 0) is 15.0 Å². The van der Waals surface area contributed by atoms with E-state index in [1.807, 2.05) is 31.2 Å². The molecule has 0 aliphatic carbocycles. The highest BCUT2D eigenvalue weighted by molar-refractivity contribution is 6.30. The summed E-state index contributed by atoms with van der Waals surface area (Å²) in [6.07, 6.45) is 0.211. The van der Waals surface area contributed by atoms with E-state index in [1.165, 1.54) is 12.5 Å². The van der Waals surface area contributed by atoms with Crippen LogP contribution in [0.4, 0.5) is 11.4 Å². The second-order valence-electron chi connectivity index (χ2n) is 7.72. The first-order valence-corrected chi connectivity index (χ1v) is 9.40. The zero-order valence-corrected chi connectivity index (χ0v) is 17.4. The normalized spacial score (nSPS) is 11.2. The van der Waals surface area contributed by atoms with Crippen LogP contribution in [0.15, 0.2) is 42.5 Å². The van der Waals surface area contributed by atoms with Gasteiger partial charge in [0, 0.05) is 36.3 Å². The van der Waals surface area contributed by atoms with Crippen LogP contribution in [-0.4, -0.2) is 18.4 Å². The molecule has 0 aliphatic heterocycles. The molecule has 0 aromatic heterocycles. The Morgan fingerprint density at radius 3 is 2.22 bits per heavy atom. The highest BCUT2D eigenvalue weighted by Gasteiger charge is 2.17. The van der Waals surface area contributed by atoms with Crippen molar-refractivity contribution < 1.29 is 9.59 Å². The molecule has 1 N–H and O–H groups in total. The fourth-order valence-corrected chi connectivity index (χ4v) is 3.03. The van der Waals surface area contributed by atoms with E-state index in [4.69, 9.17) is 11.6 Å². The number of amides is 2. The van der Waals surface area contributed by atoms with Gasteiger partial charge in [-0.15, -0.1) is 0 Å². The summed E-state index contributed by atoms with van der Waals surface area (Å²) in [6, 6.07) is 13.2. The number of carbonyl (C=O) groups excluding carboxylic acids is 2. The third kappa shape index (κ3) is 5.83. The van der Waals surface area contributed by atoms with Crippen molar-refractivity contribution >= 4 is 34.8 Å². The van der Waals surface area contributed by atoms with E-state index in [0.29, 0.717) is 11.6 Å². The van der Waals surface area contributed by atoms with Crippen LogP contribution >= 0.6 is 11.6 Å². The van der Waals surface area contributed by atoms with Crippen molar-refractivity contribution in [1.82, 2.24) is 0 Å². The molecule has 0 radical (unpaired) electrons. The first-order chi connectivity index (χ1) is 12.6. The number of hydrogen-bond acceptors (Lipinski definition) is 2. The molecule has 0 saturated heterocycles. The Labute approximate surface area is 166 Å². The molecule has 0 atom stereocenters. The van der Waals surface area contributed by atoms with Gasteiger partial charge >= 0.3 is 0 Å². The van der Waals surface area contributed by atoms with Crippen LogP contribution in [0, 0.1) is 6.92 Å². The van der Waals surface area contributed by atoms with E-state index in [1.54, 1.807) is 23.1 Å². The first kappa shape index (κ1) is 21.0. The lowest BCUT2D eigenvalue weighted by atomic mass is 9.87. The van der Waals surface area contributed by atoms with Crippen LogP contribution in [0.3, 0.4) is 0 Å². The predicted molar refractivity (Wildman–Crippen MR) is 113 cm³/mol. The SMILES string of the molecule is CC(=O)N(CCC(=O)Nc1ccc(Cl)cc1C)c1ccc(C(C)(C)C)cc1. The third-order valence-electron chi connectivity index (χ3n) is 4.45. The highest BCUT2D eigenvalue weighted by Crippen LogP contribution is 2.25. The summed E-state index contributed by atoms with van der Waals surface area (Å²) in [6.45, 7) is 10.2. The summed E-state index contributed by atoms with van der Waals surface area (Å²) in [7, 11) is 0. The Hall–Kier alpha value is -2.33. The number of carbonyl (C=O) groups is 2. The molecule has 0 aliphatic rings. The Morgan fingerprint density at radius 2 is 1.70 bits per heavy atom. The smallest absolute Gasteiger partial charge is 0.226 e. The number of anilines is 2. The van der Waals surface area contributed by atoms with Crippen molar-refractivity contribution in [1.29, 1.82) is 0 Å². The summed E-state index contributed by atoms with van der Waals surface area (Å²) in [5.74, 6) is -0.230. The Kier molecular flexibility index (Phi) is 6.66. The fraction of sp³-hybridized carbons (Fsp3) is 0.364. The average Bonchev–Trinajstić information content (AvgIpc) is 2.57. The maximum atomic E-state index is 12.3. The van der Waals surface area contributed by atoms with Crippen LogP contribution in [0.2, 0.25) is 5.02 Å². The van der Waals surface area contributed by atoms with E-state index >= 15 is 0 Å². The minimum Gasteiger partial charge on any atom is -0.326 e. The number of benzene rings is 2. The number of aryl methyl sites for hydroxylation is 1. The average molecular weight is 387 g/mol. The number of nitrogens with one attached hydrogen (secondary N) is 1. The van der Waals surface area contributed by atoms with Crippen LogP contribution in [0.25, 0.3) is 0 Å². The lowest BCUT2D eigenvalue weighted by Gasteiger charge is -2.24. The summed E-state index contributed by atoms with van der Waals surface area (Å²) in [5.41, 5.74) is 3.68. The van der Waals surface area contributed by atoms with Gasteiger partial charge in [-0.25, -0.2) is 0 Å². The second-order valence-corrected chi connectivity index (χ2v) is 8.16. The molecular weight excluding hydrogens is 360 g/mol. The number of hydrogen-bond donors (Lipinski definition) is 1. The third-order valence-corrected chi connectivity index (χ3v) is 4.69. The lowest BCUT2D eigenvalue weighted by Crippen LogP contribution is -2.32. The number of nitrogens with zero attached hydrogens (tertiary/aromatic N) is 1. The first-order valence-electron chi connectivity index (χ1n) is 9.02. The van der Waals surface area contributed by atoms with Gasteiger partial charge in [0.2, 0.25) is 11.8 Å². The minimum atomic E-state index is -0.141. The van der Waals surface area contributed by atoms with Crippen LogP contribution in [0.5, 0.6) is 0 Å². The molecule has 0 fully saturated rings.